The van der Waals surface area contributed by atoms with Crippen LogP contribution in [-0.4, -0.2) is 11.9 Å². The molecule has 4 aromatic carbocycles. The van der Waals surface area contributed by atoms with Crippen LogP contribution < -0.4 is 26.4 Å². The number of anilines is 1. The van der Waals surface area contributed by atoms with E-state index in [0.29, 0.717) is 36.7 Å². The lowest BCUT2D eigenvalue weighted by atomic mass is 10.1. The molecule has 37 heavy (non-hydrogen) atoms. The smallest absolute Gasteiger partial charge is 0.320 e. The third-order valence-electron chi connectivity index (χ3n) is 5.76. The first kappa shape index (κ1) is 25.5. The Hall–Kier alpha value is -4.62. The third kappa shape index (κ3) is 7.68. The van der Waals surface area contributed by atoms with E-state index in [1.807, 2.05) is 72.8 Å². The number of ether oxygens (including phenoxy) is 1. The van der Waals surface area contributed by atoms with Crippen molar-refractivity contribution < 1.29 is 14.3 Å². The molecule has 1 atom stereocenters. The summed E-state index contributed by atoms with van der Waals surface area (Å²) in [4.78, 5) is 25.9. The highest BCUT2D eigenvalue weighted by Gasteiger charge is 2.22. The Morgan fingerprint density at radius 3 is 2.00 bits per heavy atom. The Labute approximate surface area is 216 Å². The van der Waals surface area contributed by atoms with E-state index < -0.39 is 12.1 Å². The first-order chi connectivity index (χ1) is 18.1. The SMILES string of the molecule is NCc1ccc(CNC(=O)C(NC(=O)Nc2ccc(OCc3ccccc3)cc2)c2ccccc2)cc1. The molecule has 0 bridgehead atoms. The first-order valence-electron chi connectivity index (χ1n) is 12.1. The highest BCUT2D eigenvalue weighted by atomic mass is 16.5. The van der Waals surface area contributed by atoms with Gasteiger partial charge in [-0.1, -0.05) is 84.9 Å². The van der Waals surface area contributed by atoms with Gasteiger partial charge < -0.3 is 26.4 Å². The van der Waals surface area contributed by atoms with Crippen molar-refractivity contribution in [2.45, 2.75) is 25.7 Å². The lowest BCUT2D eigenvalue weighted by Gasteiger charge is -2.19. The number of rotatable bonds is 10. The molecule has 4 rings (SSSR count). The van der Waals surface area contributed by atoms with Gasteiger partial charge in [-0.25, -0.2) is 4.79 Å². The second-order valence-corrected chi connectivity index (χ2v) is 8.48. The van der Waals surface area contributed by atoms with E-state index in [2.05, 4.69) is 16.0 Å². The van der Waals surface area contributed by atoms with E-state index in [-0.39, 0.29) is 5.91 Å². The zero-order valence-corrected chi connectivity index (χ0v) is 20.4. The zero-order valence-electron chi connectivity index (χ0n) is 20.4. The molecule has 3 amide bonds. The monoisotopic (exact) mass is 494 g/mol. The van der Waals surface area contributed by atoms with Crippen molar-refractivity contribution in [2.75, 3.05) is 5.32 Å². The Morgan fingerprint density at radius 1 is 0.730 bits per heavy atom. The van der Waals surface area contributed by atoms with Crippen LogP contribution in [0.5, 0.6) is 5.75 Å². The fourth-order valence-electron chi connectivity index (χ4n) is 3.70. The van der Waals surface area contributed by atoms with Crippen LogP contribution in [0.2, 0.25) is 0 Å². The molecule has 7 heteroatoms. The number of carbonyl (C=O) groups is 2. The van der Waals surface area contributed by atoms with Gasteiger partial charge in [-0.3, -0.25) is 4.79 Å². The summed E-state index contributed by atoms with van der Waals surface area (Å²) < 4.78 is 5.79. The van der Waals surface area contributed by atoms with E-state index >= 15 is 0 Å². The lowest BCUT2D eigenvalue weighted by molar-refractivity contribution is -0.123. The maximum absolute atomic E-state index is 13.1. The van der Waals surface area contributed by atoms with Crippen LogP contribution in [0.1, 0.15) is 28.3 Å². The van der Waals surface area contributed by atoms with Crippen LogP contribution in [0.25, 0.3) is 0 Å². The Morgan fingerprint density at radius 2 is 1.35 bits per heavy atom. The number of nitrogens with two attached hydrogens (primary N) is 1. The number of benzene rings is 4. The molecule has 5 N–H and O–H groups in total. The molecule has 0 heterocycles. The van der Waals surface area contributed by atoms with E-state index in [1.54, 1.807) is 36.4 Å². The summed E-state index contributed by atoms with van der Waals surface area (Å²) >= 11 is 0. The molecule has 0 saturated carbocycles. The van der Waals surface area contributed by atoms with Crippen molar-refractivity contribution in [3.05, 3.63) is 131 Å². The Balaban J connectivity index is 1.35. The maximum atomic E-state index is 13.1. The quantitative estimate of drug-likeness (QED) is 0.252. The third-order valence-corrected chi connectivity index (χ3v) is 5.76. The molecule has 188 valence electrons. The minimum absolute atomic E-state index is 0.311. The maximum Gasteiger partial charge on any atom is 0.320 e. The fraction of sp³-hybridized carbons (Fsp3) is 0.133. The van der Waals surface area contributed by atoms with Gasteiger partial charge in [-0.2, -0.15) is 0 Å². The molecule has 0 spiro atoms. The Bertz CT molecular complexity index is 1280. The minimum Gasteiger partial charge on any atom is -0.489 e. The summed E-state index contributed by atoms with van der Waals surface area (Å²) in [6, 6.07) is 32.4. The molecule has 0 aliphatic rings. The van der Waals surface area contributed by atoms with Gasteiger partial charge in [0.05, 0.1) is 0 Å². The number of urea groups is 1. The van der Waals surface area contributed by atoms with Gasteiger partial charge in [-0.15, -0.1) is 0 Å². The number of nitrogens with one attached hydrogen (secondary N) is 3. The molecule has 0 saturated heterocycles. The molecule has 0 aliphatic heterocycles. The largest absolute Gasteiger partial charge is 0.489 e. The van der Waals surface area contributed by atoms with E-state index in [0.717, 1.165) is 16.7 Å². The van der Waals surface area contributed by atoms with E-state index in [4.69, 9.17) is 10.5 Å². The molecule has 0 fully saturated rings. The number of carbonyl (C=O) groups excluding carboxylic acids is 2. The molecular weight excluding hydrogens is 464 g/mol. The average Bonchev–Trinajstić information content (AvgIpc) is 2.95. The van der Waals surface area contributed by atoms with Crippen molar-refractivity contribution in [1.29, 1.82) is 0 Å². The van der Waals surface area contributed by atoms with Gasteiger partial charge >= 0.3 is 6.03 Å². The fourth-order valence-corrected chi connectivity index (χ4v) is 3.70. The summed E-state index contributed by atoms with van der Waals surface area (Å²) in [5.74, 6) is 0.379. The molecule has 4 aromatic rings. The first-order valence-corrected chi connectivity index (χ1v) is 12.1. The van der Waals surface area contributed by atoms with E-state index in [1.165, 1.54) is 0 Å². The van der Waals surface area contributed by atoms with Gasteiger partial charge in [0, 0.05) is 18.8 Å². The number of hydrogen-bond acceptors (Lipinski definition) is 4. The normalized spacial score (nSPS) is 11.3. The van der Waals surface area contributed by atoms with Gasteiger partial charge in [0.15, 0.2) is 0 Å². The van der Waals surface area contributed by atoms with Crippen LogP contribution >= 0.6 is 0 Å². The molecular formula is C30H30N4O3. The van der Waals surface area contributed by atoms with Crippen molar-refractivity contribution in [3.8, 4) is 5.75 Å². The van der Waals surface area contributed by atoms with Crippen LogP contribution in [-0.2, 0) is 24.5 Å². The highest BCUT2D eigenvalue weighted by Crippen LogP contribution is 2.18. The molecule has 0 aromatic heterocycles. The topological polar surface area (TPSA) is 105 Å². The lowest BCUT2D eigenvalue weighted by Crippen LogP contribution is -2.41. The number of amides is 3. The predicted molar refractivity (Wildman–Crippen MR) is 145 cm³/mol. The van der Waals surface area contributed by atoms with Crippen LogP contribution in [0, 0.1) is 0 Å². The van der Waals surface area contributed by atoms with Crippen molar-refractivity contribution in [2.24, 2.45) is 5.73 Å². The molecule has 0 aliphatic carbocycles. The van der Waals surface area contributed by atoms with Gasteiger partial charge in [-0.05, 0) is 46.5 Å². The minimum atomic E-state index is -0.863. The van der Waals surface area contributed by atoms with Gasteiger partial charge in [0.1, 0.15) is 18.4 Å². The Kier molecular flexibility index (Phi) is 8.88. The van der Waals surface area contributed by atoms with Gasteiger partial charge in [0.2, 0.25) is 5.91 Å². The molecule has 0 radical (unpaired) electrons. The summed E-state index contributed by atoms with van der Waals surface area (Å²) in [5.41, 5.74) is 9.94. The predicted octanol–water partition coefficient (Wildman–Crippen LogP) is 4.90. The summed E-state index contributed by atoms with van der Waals surface area (Å²) in [6.07, 6.45) is 0. The van der Waals surface area contributed by atoms with Crippen LogP contribution in [0.4, 0.5) is 10.5 Å². The highest BCUT2D eigenvalue weighted by molar-refractivity contribution is 5.94. The number of hydrogen-bond donors (Lipinski definition) is 4. The average molecular weight is 495 g/mol. The van der Waals surface area contributed by atoms with Crippen molar-refractivity contribution in [1.82, 2.24) is 10.6 Å². The second kappa shape index (κ2) is 12.9. The summed E-state index contributed by atoms with van der Waals surface area (Å²) in [5, 5.41) is 8.48. The van der Waals surface area contributed by atoms with Crippen molar-refractivity contribution in [3.63, 3.8) is 0 Å². The van der Waals surface area contributed by atoms with Crippen molar-refractivity contribution >= 4 is 17.6 Å². The zero-order chi connectivity index (χ0) is 25.9. The van der Waals surface area contributed by atoms with Gasteiger partial charge in [0.25, 0.3) is 0 Å². The second-order valence-electron chi connectivity index (χ2n) is 8.48. The summed E-state index contributed by atoms with van der Waals surface area (Å²) in [7, 11) is 0. The molecule has 1 unspecified atom stereocenters. The molecule has 7 nitrogen and oxygen atoms in total. The standard InChI is InChI=1S/C30H30N4O3/c31-19-22-11-13-23(14-12-22)20-32-29(35)28(25-9-5-2-6-10-25)34-30(36)33-26-15-17-27(18-16-26)37-21-24-7-3-1-4-8-24/h1-18,28H,19-21,31H2,(H,32,35)(H2,33,34,36). The van der Waals surface area contributed by atoms with Crippen LogP contribution in [0.3, 0.4) is 0 Å². The van der Waals surface area contributed by atoms with E-state index in [9.17, 15) is 9.59 Å². The summed E-state index contributed by atoms with van der Waals surface area (Å²) in [6.45, 7) is 1.26. The van der Waals surface area contributed by atoms with Crippen LogP contribution in [0.15, 0.2) is 109 Å².